The summed E-state index contributed by atoms with van der Waals surface area (Å²) in [5.74, 6) is -4.91. The Hall–Kier alpha value is -4.47. The lowest BCUT2D eigenvalue weighted by atomic mass is 9.51. The van der Waals surface area contributed by atoms with Gasteiger partial charge in [-0.1, -0.05) is 42.3 Å². The molecule has 2 aromatic rings. The summed E-state index contributed by atoms with van der Waals surface area (Å²) in [6.07, 6.45) is 4.17. The van der Waals surface area contributed by atoms with E-state index in [-0.39, 0.29) is 54.5 Å². The molecule has 0 aromatic heterocycles. The van der Waals surface area contributed by atoms with Crippen molar-refractivity contribution in [1.82, 2.24) is 4.90 Å². The van der Waals surface area contributed by atoms with Gasteiger partial charge in [0.1, 0.15) is 0 Å². The number of imide groups is 2. The monoisotopic (exact) mass is 600 g/mol. The first-order chi connectivity index (χ1) is 21.1. The van der Waals surface area contributed by atoms with Crippen molar-refractivity contribution in [3.05, 3.63) is 65.7 Å². The molecule has 2 saturated heterocycles. The second kappa shape index (κ2) is 11.2. The molecule has 4 amide bonds. The van der Waals surface area contributed by atoms with Crippen LogP contribution in [0.2, 0.25) is 0 Å². The van der Waals surface area contributed by atoms with E-state index in [0.717, 1.165) is 5.57 Å². The van der Waals surface area contributed by atoms with Crippen molar-refractivity contribution in [3.63, 3.8) is 0 Å². The van der Waals surface area contributed by atoms with Crippen LogP contribution in [0.1, 0.15) is 56.9 Å². The summed E-state index contributed by atoms with van der Waals surface area (Å²) in [5, 5.41) is 19.7. The Bertz CT molecular complexity index is 1570. The number of benzene rings is 2. The van der Waals surface area contributed by atoms with E-state index in [9.17, 15) is 29.1 Å². The molecule has 10 heteroatoms. The zero-order chi connectivity index (χ0) is 31.3. The SMILES string of the molecule is COc1ccc([C@H]2C3=CC[C@@H]4C(=O)N(CCCCCC(=O)O)C(=O)[C@@H]4[C@@H]3C[C@H]3C(=O)N(c4ccccc4)C(=O)[C@@]23C)cc1O. The average molecular weight is 601 g/mol. The number of aliphatic carboxylic acids is 1. The number of carbonyl (C=O) groups is 5. The number of phenols is 1. The lowest BCUT2D eigenvalue weighted by Crippen LogP contribution is -2.48. The number of amides is 4. The van der Waals surface area contributed by atoms with Gasteiger partial charge in [0.15, 0.2) is 11.5 Å². The topological polar surface area (TPSA) is 142 Å². The van der Waals surface area contributed by atoms with E-state index < -0.39 is 41.0 Å². The zero-order valence-electron chi connectivity index (χ0n) is 24.8. The molecule has 44 heavy (non-hydrogen) atoms. The number of methoxy groups -OCH3 is 1. The average Bonchev–Trinajstić information content (AvgIpc) is 3.36. The lowest BCUT2D eigenvalue weighted by molar-refractivity contribution is -0.141. The number of likely N-dealkylation sites (tertiary alicyclic amines) is 1. The van der Waals surface area contributed by atoms with Crippen LogP contribution >= 0.6 is 0 Å². The molecule has 2 N–H and O–H groups in total. The van der Waals surface area contributed by atoms with E-state index in [0.29, 0.717) is 36.9 Å². The van der Waals surface area contributed by atoms with Crippen LogP contribution in [0, 0.1) is 29.1 Å². The molecule has 6 atom stereocenters. The summed E-state index contributed by atoms with van der Waals surface area (Å²) in [6, 6.07) is 13.8. The van der Waals surface area contributed by atoms with E-state index in [1.54, 1.807) is 49.4 Å². The Balaban J connectivity index is 1.39. The molecule has 0 unspecified atom stereocenters. The fourth-order valence-electron chi connectivity index (χ4n) is 8.11. The Morgan fingerprint density at radius 1 is 0.977 bits per heavy atom. The van der Waals surface area contributed by atoms with Gasteiger partial charge in [-0.3, -0.25) is 28.9 Å². The van der Waals surface area contributed by atoms with Crippen LogP contribution in [0.5, 0.6) is 11.5 Å². The molecule has 3 fully saturated rings. The first-order valence-corrected chi connectivity index (χ1v) is 15.2. The van der Waals surface area contributed by atoms with Crippen molar-refractivity contribution in [2.75, 3.05) is 18.6 Å². The van der Waals surface area contributed by atoms with E-state index in [1.807, 2.05) is 12.1 Å². The third-order valence-electron chi connectivity index (χ3n) is 10.2. The van der Waals surface area contributed by atoms with Gasteiger partial charge in [-0.15, -0.1) is 0 Å². The number of unbranched alkanes of at least 4 members (excludes halogenated alkanes) is 2. The molecular weight excluding hydrogens is 564 g/mol. The number of hydrogen-bond donors (Lipinski definition) is 2. The maximum absolute atomic E-state index is 14.4. The predicted octanol–water partition coefficient (Wildman–Crippen LogP) is 4.28. The van der Waals surface area contributed by atoms with Crippen molar-refractivity contribution < 1.29 is 38.9 Å². The van der Waals surface area contributed by atoms with Crippen LogP contribution in [-0.2, 0) is 24.0 Å². The number of rotatable bonds is 9. The van der Waals surface area contributed by atoms with Gasteiger partial charge >= 0.3 is 5.97 Å². The molecule has 1 saturated carbocycles. The van der Waals surface area contributed by atoms with Crippen LogP contribution in [0.15, 0.2) is 60.2 Å². The predicted molar refractivity (Wildman–Crippen MR) is 159 cm³/mol. The molecule has 10 nitrogen and oxygen atoms in total. The van der Waals surface area contributed by atoms with Crippen LogP contribution < -0.4 is 9.64 Å². The summed E-state index contributed by atoms with van der Waals surface area (Å²) >= 11 is 0. The second-order valence-corrected chi connectivity index (χ2v) is 12.5. The van der Waals surface area contributed by atoms with Gasteiger partial charge in [0.25, 0.3) is 0 Å². The van der Waals surface area contributed by atoms with Crippen LogP contribution in [0.25, 0.3) is 0 Å². The number of carboxylic acid groups (broad SMARTS) is 1. The molecule has 2 aliphatic carbocycles. The number of carbonyl (C=O) groups excluding carboxylic acids is 4. The molecule has 0 radical (unpaired) electrons. The maximum atomic E-state index is 14.4. The third kappa shape index (κ3) is 4.50. The van der Waals surface area contributed by atoms with E-state index in [2.05, 4.69) is 0 Å². The highest BCUT2D eigenvalue weighted by Gasteiger charge is 2.67. The summed E-state index contributed by atoms with van der Waals surface area (Å²) < 4.78 is 5.26. The first kappa shape index (κ1) is 29.6. The number of aromatic hydroxyl groups is 1. The standard InChI is InChI=1S/C34H36N2O8/c1-34-24(31(41)36(33(34)43)20-9-5-3-6-10-20)18-23-21(29(34)19-12-15-26(44-2)25(37)17-19)13-14-22-28(23)32(42)35(30(22)40)16-8-4-7-11-27(38)39/h3,5-6,9-10,12-13,15,17,22-24,28-29,37H,4,7-8,11,14,16,18H2,1-2H3,(H,38,39)/t22-,23+,24-,28-,29-,34+/m0/s1. The number of ether oxygens (including phenoxy) is 1. The van der Waals surface area contributed by atoms with Gasteiger partial charge in [0.05, 0.1) is 36.0 Å². The van der Waals surface area contributed by atoms with Crippen LogP contribution in [0.4, 0.5) is 5.69 Å². The van der Waals surface area contributed by atoms with Gasteiger partial charge in [0.2, 0.25) is 23.6 Å². The molecule has 0 spiro atoms. The Labute approximate surface area is 255 Å². The number of hydrogen-bond acceptors (Lipinski definition) is 7. The quantitative estimate of drug-likeness (QED) is 0.247. The summed E-state index contributed by atoms with van der Waals surface area (Å²) in [6.45, 7) is 2.03. The first-order valence-electron chi connectivity index (χ1n) is 15.2. The smallest absolute Gasteiger partial charge is 0.303 e. The maximum Gasteiger partial charge on any atom is 0.303 e. The highest BCUT2D eigenvalue weighted by molar-refractivity contribution is 6.24. The molecule has 4 aliphatic rings. The highest BCUT2D eigenvalue weighted by Crippen LogP contribution is 2.63. The molecule has 6 rings (SSSR count). The molecule has 230 valence electrons. The molecule has 2 heterocycles. The number of phenolic OH excluding ortho intramolecular Hbond substituents is 1. The molecule has 2 aliphatic heterocycles. The van der Waals surface area contributed by atoms with Gasteiger partial charge < -0.3 is 14.9 Å². The van der Waals surface area contributed by atoms with Gasteiger partial charge in [-0.25, -0.2) is 4.90 Å². The normalized spacial score (nSPS) is 29.3. The fourth-order valence-corrected chi connectivity index (χ4v) is 8.11. The third-order valence-corrected chi connectivity index (χ3v) is 10.2. The second-order valence-electron chi connectivity index (χ2n) is 12.5. The van der Waals surface area contributed by atoms with Crippen molar-refractivity contribution in [2.24, 2.45) is 29.1 Å². The van der Waals surface area contributed by atoms with Gasteiger partial charge in [-0.2, -0.15) is 0 Å². The minimum absolute atomic E-state index is 0.0394. The fraction of sp³-hybridized carbons (Fsp3) is 0.441. The van der Waals surface area contributed by atoms with Gasteiger partial charge in [0, 0.05) is 18.9 Å². The van der Waals surface area contributed by atoms with Crippen molar-refractivity contribution in [2.45, 2.75) is 51.4 Å². The van der Waals surface area contributed by atoms with Crippen molar-refractivity contribution in [1.29, 1.82) is 0 Å². The molecule has 2 aromatic carbocycles. The summed E-state index contributed by atoms with van der Waals surface area (Å²) in [5.41, 5.74) is 0.757. The summed E-state index contributed by atoms with van der Waals surface area (Å²) in [7, 11) is 1.45. The Morgan fingerprint density at radius 2 is 1.73 bits per heavy atom. The van der Waals surface area contributed by atoms with Crippen LogP contribution in [0.3, 0.4) is 0 Å². The number of fused-ring (bicyclic) bond motifs is 4. The van der Waals surface area contributed by atoms with Crippen molar-refractivity contribution in [3.8, 4) is 11.5 Å². The summed E-state index contributed by atoms with van der Waals surface area (Å²) in [4.78, 5) is 69.4. The Kier molecular flexibility index (Phi) is 7.55. The van der Waals surface area contributed by atoms with Gasteiger partial charge in [-0.05, 0) is 68.4 Å². The largest absolute Gasteiger partial charge is 0.504 e. The number of allylic oxidation sites excluding steroid dienone is 2. The zero-order valence-corrected chi connectivity index (χ0v) is 24.8. The number of para-hydroxylation sites is 1. The molecular formula is C34H36N2O8. The van der Waals surface area contributed by atoms with E-state index in [1.165, 1.54) is 16.9 Å². The minimum Gasteiger partial charge on any atom is -0.504 e. The highest BCUT2D eigenvalue weighted by atomic mass is 16.5. The number of carboxylic acids is 1. The van der Waals surface area contributed by atoms with E-state index in [4.69, 9.17) is 9.84 Å². The van der Waals surface area contributed by atoms with E-state index >= 15 is 0 Å². The minimum atomic E-state index is -1.20. The molecule has 0 bridgehead atoms. The number of anilines is 1. The van der Waals surface area contributed by atoms with Crippen LogP contribution in [-0.4, -0.2) is 58.4 Å². The number of nitrogens with zero attached hydrogens (tertiary/aromatic N) is 2. The van der Waals surface area contributed by atoms with Crippen molar-refractivity contribution >= 4 is 35.3 Å². The lowest BCUT2D eigenvalue weighted by Gasteiger charge is -2.49. The Morgan fingerprint density at radius 3 is 2.41 bits per heavy atom.